The van der Waals surface area contributed by atoms with Gasteiger partial charge in [0.15, 0.2) is 35.4 Å². The van der Waals surface area contributed by atoms with Crippen LogP contribution in [-0.4, -0.2) is 75.4 Å². The number of halogens is 1. The molecule has 6 rings (SSSR count). The zero-order valence-corrected chi connectivity index (χ0v) is 25.7. The molecule has 2 aliphatic heterocycles. The lowest BCUT2D eigenvalue weighted by molar-refractivity contribution is -0.166. The summed E-state index contributed by atoms with van der Waals surface area (Å²) in [6, 6.07) is 20.8. The molecule has 13 heteroatoms. The van der Waals surface area contributed by atoms with Crippen LogP contribution in [0.4, 0.5) is 5.82 Å². The predicted molar refractivity (Wildman–Crippen MR) is 162 cm³/mol. The average molecular weight is 634 g/mol. The van der Waals surface area contributed by atoms with Crippen molar-refractivity contribution in [3.8, 4) is 0 Å². The van der Waals surface area contributed by atoms with Crippen molar-refractivity contribution in [2.75, 3.05) is 24.6 Å². The van der Waals surface area contributed by atoms with Gasteiger partial charge in [-0.2, -0.15) is 9.97 Å². The van der Waals surface area contributed by atoms with Crippen LogP contribution in [0.25, 0.3) is 11.2 Å². The van der Waals surface area contributed by atoms with Gasteiger partial charge in [-0.25, -0.2) is 4.98 Å². The van der Waals surface area contributed by atoms with Gasteiger partial charge in [0.1, 0.15) is 12.7 Å². The second-order valence-corrected chi connectivity index (χ2v) is 11.5. The van der Waals surface area contributed by atoms with Crippen LogP contribution < -0.4 is 4.90 Å². The van der Waals surface area contributed by atoms with Crippen LogP contribution in [0.15, 0.2) is 67.0 Å². The maximum absolute atomic E-state index is 12.2. The Morgan fingerprint density at radius 2 is 1.53 bits per heavy atom. The smallest absolute Gasteiger partial charge is 0.303 e. The summed E-state index contributed by atoms with van der Waals surface area (Å²) in [6.45, 7) is 4.78. The molecule has 2 saturated heterocycles. The molecule has 0 radical (unpaired) electrons. The van der Waals surface area contributed by atoms with Crippen molar-refractivity contribution in [2.45, 2.75) is 57.1 Å². The van der Waals surface area contributed by atoms with Crippen LogP contribution in [0.2, 0.25) is 5.28 Å². The Labute approximate surface area is 264 Å². The van der Waals surface area contributed by atoms with Crippen LogP contribution in [0.1, 0.15) is 44.5 Å². The number of anilines is 1. The Kier molecular flexibility index (Phi) is 8.43. The van der Waals surface area contributed by atoms with E-state index in [2.05, 4.69) is 44.1 Å². The number of esters is 3. The van der Waals surface area contributed by atoms with Gasteiger partial charge in [-0.05, 0) is 29.1 Å². The standard InChI is InChI=1S/C32H32ClN5O7/c1-19(39)42-16-24-26(43-20(2)40)27(44-21(3)41)30(45-24)38-18-34-25-28(35-31(33)36-29(25)38)37-15-14-32(17-37,22-10-6-4-7-11-22)23-12-8-5-9-13-23/h4-13,18,24,26-27,30H,14-17H2,1-3H3. The van der Waals surface area contributed by atoms with E-state index in [1.807, 2.05) is 36.4 Å². The third kappa shape index (κ3) is 5.95. The maximum Gasteiger partial charge on any atom is 0.303 e. The normalized spacial score (nSPS) is 22.4. The minimum absolute atomic E-state index is 0.00814. The number of carbonyl (C=O) groups is 3. The second-order valence-electron chi connectivity index (χ2n) is 11.1. The monoisotopic (exact) mass is 633 g/mol. The molecule has 2 aliphatic rings. The molecule has 234 valence electrons. The number of imidazole rings is 1. The van der Waals surface area contributed by atoms with E-state index in [0.29, 0.717) is 30.1 Å². The molecule has 0 spiro atoms. The number of nitrogens with zero attached hydrogens (tertiary/aromatic N) is 5. The fraction of sp³-hybridized carbons (Fsp3) is 0.375. The molecule has 0 aliphatic carbocycles. The van der Waals surface area contributed by atoms with Crippen molar-refractivity contribution < 1.29 is 33.3 Å². The lowest BCUT2D eigenvalue weighted by Crippen LogP contribution is -2.40. The third-order valence-corrected chi connectivity index (χ3v) is 8.38. The van der Waals surface area contributed by atoms with E-state index < -0.39 is 42.4 Å². The van der Waals surface area contributed by atoms with Crippen molar-refractivity contribution in [1.82, 2.24) is 19.5 Å². The molecule has 0 bridgehead atoms. The molecule has 4 atom stereocenters. The van der Waals surface area contributed by atoms with Crippen LogP contribution in [0.5, 0.6) is 0 Å². The summed E-state index contributed by atoms with van der Waals surface area (Å²) >= 11 is 6.53. The predicted octanol–water partition coefficient (Wildman–Crippen LogP) is 4.00. The summed E-state index contributed by atoms with van der Waals surface area (Å²) in [5.41, 5.74) is 2.89. The lowest BCUT2D eigenvalue weighted by Gasteiger charge is -2.31. The van der Waals surface area contributed by atoms with Gasteiger partial charge in [-0.3, -0.25) is 19.0 Å². The van der Waals surface area contributed by atoms with Crippen molar-refractivity contribution in [2.24, 2.45) is 0 Å². The number of hydrogen-bond donors (Lipinski definition) is 0. The number of benzene rings is 2. The molecular formula is C32H32ClN5O7. The minimum Gasteiger partial charge on any atom is -0.463 e. The fourth-order valence-electron chi connectivity index (χ4n) is 6.34. The Balaban J connectivity index is 1.39. The number of ether oxygens (including phenoxy) is 4. The summed E-state index contributed by atoms with van der Waals surface area (Å²) in [6.07, 6.45) is -1.81. The van der Waals surface area contributed by atoms with E-state index >= 15 is 0 Å². The van der Waals surface area contributed by atoms with Crippen LogP contribution in [0.3, 0.4) is 0 Å². The van der Waals surface area contributed by atoms with E-state index in [1.165, 1.54) is 38.2 Å². The summed E-state index contributed by atoms with van der Waals surface area (Å²) in [7, 11) is 0. The van der Waals surface area contributed by atoms with Gasteiger partial charge in [0.05, 0.1) is 6.33 Å². The Morgan fingerprint density at radius 3 is 2.13 bits per heavy atom. The van der Waals surface area contributed by atoms with Crippen LogP contribution >= 0.6 is 11.6 Å². The number of carbonyl (C=O) groups excluding carboxylic acids is 3. The van der Waals surface area contributed by atoms with E-state index in [9.17, 15) is 14.4 Å². The van der Waals surface area contributed by atoms with E-state index in [-0.39, 0.29) is 17.3 Å². The molecule has 4 heterocycles. The third-order valence-electron chi connectivity index (χ3n) is 8.21. The highest BCUT2D eigenvalue weighted by Gasteiger charge is 2.51. The molecule has 0 amide bonds. The fourth-order valence-corrected chi connectivity index (χ4v) is 6.50. The van der Waals surface area contributed by atoms with Crippen molar-refractivity contribution in [1.29, 1.82) is 0 Å². The number of hydrogen-bond acceptors (Lipinski definition) is 11. The molecule has 4 aromatic rings. The van der Waals surface area contributed by atoms with E-state index in [0.717, 1.165) is 6.42 Å². The van der Waals surface area contributed by atoms with Gasteiger partial charge in [0, 0.05) is 39.3 Å². The van der Waals surface area contributed by atoms with Gasteiger partial charge in [-0.15, -0.1) is 0 Å². The molecule has 45 heavy (non-hydrogen) atoms. The molecule has 2 fully saturated rings. The largest absolute Gasteiger partial charge is 0.463 e. The highest BCUT2D eigenvalue weighted by Crippen LogP contribution is 2.44. The van der Waals surface area contributed by atoms with Crippen molar-refractivity contribution in [3.63, 3.8) is 0 Å². The summed E-state index contributed by atoms with van der Waals surface area (Å²) < 4.78 is 24.1. The maximum atomic E-state index is 12.2. The number of rotatable bonds is 8. The Bertz CT molecular complexity index is 1680. The van der Waals surface area contributed by atoms with Gasteiger partial charge < -0.3 is 23.8 Å². The van der Waals surface area contributed by atoms with Gasteiger partial charge in [-0.1, -0.05) is 60.7 Å². The molecule has 4 unspecified atom stereocenters. The number of aromatic nitrogens is 4. The minimum atomic E-state index is -1.10. The van der Waals surface area contributed by atoms with Crippen LogP contribution in [-0.2, 0) is 38.7 Å². The molecule has 12 nitrogen and oxygen atoms in total. The zero-order chi connectivity index (χ0) is 31.7. The van der Waals surface area contributed by atoms with Gasteiger partial charge in [0.2, 0.25) is 5.28 Å². The molecule has 2 aromatic carbocycles. The molecule has 0 saturated carbocycles. The molecular weight excluding hydrogens is 602 g/mol. The summed E-state index contributed by atoms with van der Waals surface area (Å²) in [5, 5.41) is -0.00814. The lowest BCUT2D eigenvalue weighted by atomic mass is 9.74. The summed E-state index contributed by atoms with van der Waals surface area (Å²) in [4.78, 5) is 51.7. The van der Waals surface area contributed by atoms with Gasteiger partial charge >= 0.3 is 17.9 Å². The van der Waals surface area contributed by atoms with Crippen molar-refractivity contribution >= 4 is 46.5 Å². The quantitative estimate of drug-likeness (QED) is 0.158. The first-order valence-electron chi connectivity index (χ1n) is 14.6. The highest BCUT2D eigenvalue weighted by molar-refractivity contribution is 6.28. The summed E-state index contributed by atoms with van der Waals surface area (Å²) in [5.74, 6) is -1.23. The topological polar surface area (TPSA) is 135 Å². The SMILES string of the molecule is CC(=O)OCC1OC(n2cnc3c(N4CCC(c5ccccc5)(c5ccccc5)C4)nc(Cl)nc32)C(OC(C)=O)C1OC(C)=O. The molecule has 0 N–H and O–H groups in total. The van der Waals surface area contributed by atoms with Crippen LogP contribution in [0, 0.1) is 0 Å². The second kappa shape index (κ2) is 12.4. The first kappa shape index (κ1) is 30.5. The van der Waals surface area contributed by atoms with E-state index in [4.69, 9.17) is 30.5 Å². The molecule has 2 aromatic heterocycles. The highest BCUT2D eigenvalue weighted by atomic mass is 35.5. The Hall–Kier alpha value is -4.55. The zero-order valence-electron chi connectivity index (χ0n) is 25.0. The van der Waals surface area contributed by atoms with Gasteiger partial charge in [0.25, 0.3) is 0 Å². The van der Waals surface area contributed by atoms with E-state index in [1.54, 1.807) is 4.57 Å². The Morgan fingerprint density at radius 1 is 0.911 bits per heavy atom. The number of fused-ring (bicyclic) bond motifs is 1. The first-order valence-corrected chi connectivity index (χ1v) is 14.9. The van der Waals surface area contributed by atoms with Crippen molar-refractivity contribution in [3.05, 3.63) is 83.4 Å². The average Bonchev–Trinajstić information content (AvgIpc) is 3.73. The first-order chi connectivity index (χ1) is 21.7.